The van der Waals surface area contributed by atoms with E-state index in [0.29, 0.717) is 8.95 Å². The second kappa shape index (κ2) is 13.0. The van der Waals surface area contributed by atoms with Crippen LogP contribution < -0.4 is 9.05 Å². The minimum atomic E-state index is -4.14. The summed E-state index contributed by atoms with van der Waals surface area (Å²) in [6.45, 7) is 4.17. The number of rotatable bonds is 6. The fourth-order valence-corrected chi connectivity index (χ4v) is 7.34. The fourth-order valence-electron chi connectivity index (χ4n) is 3.44. The standard InChI is InChI=1S/C15H12Br4O2.C12H11O4P/c1-15(2,7-3-5-8(20)6-4-7)9-10(16)12(18)14(21)13(19)11(9)17;13-17(14,15-11-7-3-1-4-8-11)16-12-9-5-2-6-10-12/h3-6,20-21H,1-2H3;1-10H,(H,13,14). The molecule has 0 saturated heterocycles. The molecule has 0 fully saturated rings. The van der Waals surface area contributed by atoms with E-state index in [1.54, 1.807) is 72.8 Å². The number of para-hydroxylation sites is 2. The van der Waals surface area contributed by atoms with Crippen LogP contribution in [0.3, 0.4) is 0 Å². The maximum absolute atomic E-state index is 11.7. The number of phenolic OH excluding ortho intramolecular Hbond substituents is 2. The van der Waals surface area contributed by atoms with Crippen LogP contribution in [0.15, 0.2) is 103 Å². The van der Waals surface area contributed by atoms with Gasteiger partial charge in [-0.3, -0.25) is 4.89 Å². The maximum Gasteiger partial charge on any atom is 0.584 e. The molecule has 200 valence electrons. The smallest absolute Gasteiger partial charge is 0.508 e. The zero-order valence-corrected chi connectivity index (χ0v) is 27.3. The zero-order chi connectivity index (χ0) is 28.1. The van der Waals surface area contributed by atoms with Gasteiger partial charge in [0.25, 0.3) is 0 Å². The molecule has 0 aliphatic carbocycles. The molecular formula is C27H23Br4O6P. The SMILES string of the molecule is CC(C)(c1ccc(O)cc1)c1c(Br)c(Br)c(O)c(Br)c1Br.O=P(O)(Oc1ccccc1)Oc1ccccc1. The molecule has 4 aromatic carbocycles. The van der Waals surface area contributed by atoms with Crippen molar-refractivity contribution in [2.45, 2.75) is 19.3 Å². The van der Waals surface area contributed by atoms with E-state index in [1.807, 2.05) is 12.1 Å². The molecule has 0 bridgehead atoms. The Labute approximate surface area is 254 Å². The fraction of sp³-hybridized carbons (Fsp3) is 0.111. The molecule has 0 spiro atoms. The van der Waals surface area contributed by atoms with Gasteiger partial charge in [-0.05, 0) is 111 Å². The van der Waals surface area contributed by atoms with Crippen LogP contribution >= 0.6 is 71.5 Å². The first-order chi connectivity index (χ1) is 17.8. The van der Waals surface area contributed by atoms with Crippen molar-refractivity contribution in [3.8, 4) is 23.0 Å². The molecule has 6 nitrogen and oxygen atoms in total. The maximum atomic E-state index is 11.7. The van der Waals surface area contributed by atoms with Gasteiger partial charge in [-0.25, -0.2) is 4.57 Å². The van der Waals surface area contributed by atoms with Gasteiger partial charge in [0.2, 0.25) is 0 Å². The molecule has 38 heavy (non-hydrogen) atoms. The summed E-state index contributed by atoms with van der Waals surface area (Å²) >= 11 is 13.9. The normalized spacial score (nSPS) is 11.3. The number of phosphoric ester groups is 1. The number of hydrogen-bond donors (Lipinski definition) is 3. The van der Waals surface area contributed by atoms with E-state index in [4.69, 9.17) is 9.05 Å². The quantitative estimate of drug-likeness (QED) is 0.133. The highest BCUT2D eigenvalue weighted by Gasteiger charge is 2.32. The van der Waals surface area contributed by atoms with Gasteiger partial charge in [-0.15, -0.1) is 0 Å². The molecule has 4 rings (SSSR count). The Morgan fingerprint density at radius 2 is 1.05 bits per heavy atom. The number of hydrogen-bond acceptors (Lipinski definition) is 5. The molecule has 0 heterocycles. The van der Waals surface area contributed by atoms with Crippen LogP contribution in [0.2, 0.25) is 0 Å². The van der Waals surface area contributed by atoms with Crippen LogP contribution in [0.4, 0.5) is 0 Å². The number of phenols is 2. The summed E-state index contributed by atoms with van der Waals surface area (Å²) in [5, 5.41) is 19.5. The lowest BCUT2D eigenvalue weighted by atomic mass is 9.78. The zero-order valence-electron chi connectivity index (χ0n) is 20.1. The van der Waals surface area contributed by atoms with Crippen molar-refractivity contribution in [2.24, 2.45) is 0 Å². The molecule has 0 amide bonds. The molecule has 0 aliphatic rings. The number of halogens is 4. The van der Waals surface area contributed by atoms with Crippen LogP contribution in [-0.2, 0) is 9.98 Å². The molecule has 4 aromatic rings. The monoisotopic (exact) mass is 790 g/mol. The Bertz CT molecular complexity index is 1360. The molecular weight excluding hydrogens is 771 g/mol. The highest BCUT2D eigenvalue weighted by molar-refractivity contribution is 9.14. The van der Waals surface area contributed by atoms with Crippen molar-refractivity contribution < 1.29 is 28.7 Å². The lowest BCUT2D eigenvalue weighted by Crippen LogP contribution is -2.20. The predicted octanol–water partition coefficient (Wildman–Crippen LogP) is 9.72. The molecule has 3 N–H and O–H groups in total. The summed E-state index contributed by atoms with van der Waals surface area (Å²) < 4.78 is 24.2. The van der Waals surface area contributed by atoms with E-state index in [1.165, 1.54) is 0 Å². The van der Waals surface area contributed by atoms with Crippen LogP contribution in [0, 0.1) is 0 Å². The lowest BCUT2D eigenvalue weighted by Gasteiger charge is -2.30. The van der Waals surface area contributed by atoms with Crippen molar-refractivity contribution in [1.82, 2.24) is 0 Å². The number of benzene rings is 4. The van der Waals surface area contributed by atoms with Crippen LogP contribution in [-0.4, -0.2) is 15.1 Å². The largest absolute Gasteiger partial charge is 0.584 e. The van der Waals surface area contributed by atoms with Gasteiger partial charge < -0.3 is 19.3 Å². The van der Waals surface area contributed by atoms with Gasteiger partial charge in [0.15, 0.2) is 0 Å². The van der Waals surface area contributed by atoms with E-state index >= 15 is 0 Å². The molecule has 11 heteroatoms. The average Bonchev–Trinajstić information content (AvgIpc) is 2.87. The minimum absolute atomic E-state index is 0.138. The van der Waals surface area contributed by atoms with Crippen molar-refractivity contribution in [1.29, 1.82) is 0 Å². The second-order valence-corrected chi connectivity index (χ2v) is 12.9. The van der Waals surface area contributed by atoms with Gasteiger partial charge in [0.1, 0.15) is 23.0 Å². The molecule has 0 unspecified atom stereocenters. The summed E-state index contributed by atoms with van der Waals surface area (Å²) in [5.74, 6) is 0.947. The van der Waals surface area contributed by atoms with Crippen molar-refractivity contribution >= 4 is 71.5 Å². The van der Waals surface area contributed by atoms with E-state index in [-0.39, 0.29) is 28.4 Å². The summed E-state index contributed by atoms with van der Waals surface area (Å²) in [6.07, 6.45) is 0. The van der Waals surface area contributed by atoms with Crippen molar-refractivity contribution in [3.63, 3.8) is 0 Å². The summed E-state index contributed by atoms with van der Waals surface area (Å²) in [7, 11) is -4.14. The summed E-state index contributed by atoms with van der Waals surface area (Å²) in [4.78, 5) is 9.53. The third kappa shape index (κ3) is 7.64. The van der Waals surface area contributed by atoms with E-state index in [9.17, 15) is 19.7 Å². The van der Waals surface area contributed by atoms with Crippen molar-refractivity contribution in [2.75, 3.05) is 0 Å². The molecule has 0 aromatic heterocycles. The first-order valence-electron chi connectivity index (χ1n) is 11.0. The number of aromatic hydroxyl groups is 2. The third-order valence-corrected chi connectivity index (χ3v) is 10.5. The Morgan fingerprint density at radius 1 is 0.658 bits per heavy atom. The van der Waals surface area contributed by atoms with Crippen LogP contribution in [0.5, 0.6) is 23.0 Å². The van der Waals surface area contributed by atoms with Gasteiger partial charge >= 0.3 is 7.82 Å². The Hall–Kier alpha value is -1.81. The van der Waals surface area contributed by atoms with E-state index in [2.05, 4.69) is 77.6 Å². The third-order valence-electron chi connectivity index (χ3n) is 5.38. The first kappa shape index (κ1) is 30.7. The predicted molar refractivity (Wildman–Crippen MR) is 163 cm³/mol. The second-order valence-electron chi connectivity index (χ2n) is 8.43. The topological polar surface area (TPSA) is 96.2 Å². The number of phosphoric acid groups is 1. The van der Waals surface area contributed by atoms with Crippen LogP contribution in [0.25, 0.3) is 0 Å². The Kier molecular flexibility index (Phi) is 10.5. The lowest BCUT2D eigenvalue weighted by molar-refractivity contribution is 0.291. The van der Waals surface area contributed by atoms with E-state index in [0.717, 1.165) is 20.1 Å². The first-order valence-corrected chi connectivity index (χ1v) is 15.7. The summed E-state index contributed by atoms with van der Waals surface area (Å²) in [5.41, 5.74) is 1.69. The van der Waals surface area contributed by atoms with E-state index < -0.39 is 7.82 Å². The van der Waals surface area contributed by atoms with Gasteiger partial charge in [0, 0.05) is 14.4 Å². The van der Waals surface area contributed by atoms with Gasteiger partial charge in [0.05, 0.1) is 8.95 Å². The molecule has 0 saturated carbocycles. The molecule has 0 atom stereocenters. The summed E-state index contributed by atoms with van der Waals surface area (Å²) in [6, 6.07) is 23.8. The highest BCUT2D eigenvalue weighted by Crippen LogP contribution is 2.51. The van der Waals surface area contributed by atoms with Gasteiger partial charge in [-0.1, -0.05) is 62.4 Å². The molecule has 0 radical (unpaired) electrons. The average molecular weight is 794 g/mol. The van der Waals surface area contributed by atoms with Crippen LogP contribution in [0.1, 0.15) is 25.0 Å². The Morgan fingerprint density at radius 3 is 1.45 bits per heavy atom. The highest BCUT2D eigenvalue weighted by atomic mass is 79.9. The molecule has 0 aliphatic heterocycles. The minimum Gasteiger partial charge on any atom is -0.508 e. The van der Waals surface area contributed by atoms with Crippen molar-refractivity contribution in [3.05, 3.63) is 114 Å². The Balaban J connectivity index is 0.000000215. The van der Waals surface area contributed by atoms with Gasteiger partial charge in [-0.2, -0.15) is 0 Å².